The van der Waals surface area contributed by atoms with Gasteiger partial charge in [-0.15, -0.1) is 0 Å². The molecule has 86 valence electrons. The van der Waals surface area contributed by atoms with E-state index in [1.54, 1.807) is 6.92 Å². The largest absolute Gasteiger partial charge is 0.480 e. The van der Waals surface area contributed by atoms with Crippen molar-refractivity contribution in [3.8, 4) is 0 Å². The van der Waals surface area contributed by atoms with Crippen LogP contribution in [0.3, 0.4) is 0 Å². The number of rotatable bonds is 3. The van der Waals surface area contributed by atoms with Gasteiger partial charge in [-0.1, -0.05) is 19.3 Å². The standard InChI is InChI=1S/C11H19NO3/c1-8(13)12-11(2,10(14)15)9-6-4-3-5-7-9/h9H,3-7H2,1-2H3,(H,12,13)(H,14,15)/t11-/m0/s1. The normalized spacial score (nSPS) is 21.7. The molecule has 15 heavy (non-hydrogen) atoms. The number of nitrogens with one attached hydrogen (secondary N) is 1. The van der Waals surface area contributed by atoms with Gasteiger partial charge >= 0.3 is 5.97 Å². The molecule has 1 saturated carbocycles. The molecule has 0 saturated heterocycles. The van der Waals surface area contributed by atoms with Crippen LogP contribution >= 0.6 is 0 Å². The molecule has 0 unspecified atom stereocenters. The van der Waals surface area contributed by atoms with Gasteiger partial charge in [0.1, 0.15) is 5.54 Å². The lowest BCUT2D eigenvalue weighted by molar-refractivity contribution is -0.149. The second-order valence-electron chi connectivity index (χ2n) is 4.52. The summed E-state index contributed by atoms with van der Waals surface area (Å²) in [6, 6.07) is 0. The van der Waals surface area contributed by atoms with Crippen LogP contribution in [-0.2, 0) is 9.59 Å². The summed E-state index contributed by atoms with van der Waals surface area (Å²) in [6.07, 6.45) is 5.08. The molecule has 1 rings (SSSR count). The topological polar surface area (TPSA) is 66.4 Å². The zero-order valence-electron chi connectivity index (χ0n) is 9.38. The Hall–Kier alpha value is -1.06. The molecule has 0 heterocycles. The highest BCUT2D eigenvalue weighted by Gasteiger charge is 2.42. The number of carbonyl (C=O) groups is 2. The number of carboxylic acids is 1. The fourth-order valence-electron chi connectivity index (χ4n) is 2.38. The lowest BCUT2D eigenvalue weighted by atomic mass is 9.75. The van der Waals surface area contributed by atoms with E-state index in [1.807, 2.05) is 0 Å². The summed E-state index contributed by atoms with van der Waals surface area (Å²) in [4.78, 5) is 22.3. The summed E-state index contributed by atoms with van der Waals surface area (Å²) in [6.45, 7) is 2.98. The van der Waals surface area contributed by atoms with E-state index >= 15 is 0 Å². The third-order valence-electron chi connectivity index (χ3n) is 3.30. The third kappa shape index (κ3) is 2.70. The van der Waals surface area contributed by atoms with Crippen molar-refractivity contribution in [2.24, 2.45) is 5.92 Å². The fourth-order valence-corrected chi connectivity index (χ4v) is 2.38. The van der Waals surface area contributed by atoms with E-state index in [-0.39, 0.29) is 11.8 Å². The molecule has 0 aliphatic heterocycles. The van der Waals surface area contributed by atoms with Crippen molar-refractivity contribution in [3.63, 3.8) is 0 Å². The molecule has 0 aromatic carbocycles. The summed E-state index contributed by atoms with van der Waals surface area (Å²) in [7, 11) is 0. The van der Waals surface area contributed by atoms with Gasteiger partial charge in [0, 0.05) is 6.92 Å². The van der Waals surface area contributed by atoms with Crippen molar-refractivity contribution in [2.45, 2.75) is 51.5 Å². The number of hydrogen-bond acceptors (Lipinski definition) is 2. The maximum atomic E-state index is 11.2. The summed E-state index contributed by atoms with van der Waals surface area (Å²) in [5.41, 5.74) is -1.09. The van der Waals surface area contributed by atoms with Crippen molar-refractivity contribution in [3.05, 3.63) is 0 Å². The highest BCUT2D eigenvalue weighted by Crippen LogP contribution is 2.32. The summed E-state index contributed by atoms with van der Waals surface area (Å²) in [5, 5.41) is 11.8. The zero-order chi connectivity index (χ0) is 11.5. The predicted octanol–water partition coefficient (Wildman–Crippen LogP) is 1.55. The molecule has 1 aliphatic carbocycles. The van der Waals surface area contributed by atoms with Crippen molar-refractivity contribution in [2.75, 3.05) is 0 Å². The van der Waals surface area contributed by atoms with Crippen LogP contribution in [0.15, 0.2) is 0 Å². The fraction of sp³-hybridized carbons (Fsp3) is 0.818. The van der Waals surface area contributed by atoms with Gasteiger partial charge in [-0.3, -0.25) is 4.79 Å². The number of hydrogen-bond donors (Lipinski definition) is 2. The van der Waals surface area contributed by atoms with Gasteiger partial charge in [0.25, 0.3) is 0 Å². The van der Waals surface area contributed by atoms with Crippen molar-refractivity contribution in [1.29, 1.82) is 0 Å². The molecule has 0 radical (unpaired) electrons. The minimum absolute atomic E-state index is 0.0626. The van der Waals surface area contributed by atoms with Crippen molar-refractivity contribution in [1.82, 2.24) is 5.32 Å². The molecule has 4 heteroatoms. The average molecular weight is 213 g/mol. The molecular formula is C11H19NO3. The maximum absolute atomic E-state index is 11.2. The number of carbonyl (C=O) groups excluding carboxylic acids is 1. The van der Waals surface area contributed by atoms with Gasteiger partial charge < -0.3 is 10.4 Å². The SMILES string of the molecule is CC(=O)N[C@](C)(C(=O)O)C1CCCCC1. The average Bonchev–Trinajstić information content (AvgIpc) is 2.17. The van der Waals surface area contributed by atoms with Crippen LogP contribution in [0.4, 0.5) is 0 Å². The van der Waals surface area contributed by atoms with Crippen molar-refractivity contribution >= 4 is 11.9 Å². The van der Waals surface area contributed by atoms with E-state index in [2.05, 4.69) is 5.32 Å². The monoisotopic (exact) mass is 213 g/mol. The number of amides is 1. The highest BCUT2D eigenvalue weighted by molar-refractivity contribution is 5.85. The first-order valence-corrected chi connectivity index (χ1v) is 5.49. The first-order valence-electron chi connectivity index (χ1n) is 5.49. The zero-order valence-corrected chi connectivity index (χ0v) is 9.38. The Morgan fingerprint density at radius 2 is 1.80 bits per heavy atom. The van der Waals surface area contributed by atoms with Crippen LogP contribution < -0.4 is 5.32 Å². The molecule has 2 N–H and O–H groups in total. The Balaban J connectivity index is 2.78. The summed E-state index contributed by atoms with van der Waals surface area (Å²) in [5.74, 6) is -1.14. The molecule has 1 aliphatic rings. The van der Waals surface area contributed by atoms with Gasteiger partial charge in [-0.25, -0.2) is 4.79 Å². The van der Waals surface area contributed by atoms with Gasteiger partial charge in [-0.05, 0) is 25.7 Å². The van der Waals surface area contributed by atoms with E-state index in [4.69, 9.17) is 0 Å². The predicted molar refractivity (Wildman–Crippen MR) is 56.4 cm³/mol. The molecule has 1 atom stereocenters. The van der Waals surface area contributed by atoms with Crippen LogP contribution in [0.25, 0.3) is 0 Å². The summed E-state index contributed by atoms with van der Waals surface area (Å²) >= 11 is 0. The van der Waals surface area contributed by atoms with Crippen LogP contribution in [0.1, 0.15) is 46.0 Å². The van der Waals surface area contributed by atoms with E-state index in [1.165, 1.54) is 13.3 Å². The lowest BCUT2D eigenvalue weighted by Crippen LogP contribution is -2.57. The Morgan fingerprint density at radius 3 is 2.20 bits per heavy atom. The van der Waals surface area contributed by atoms with Crippen LogP contribution in [0.2, 0.25) is 0 Å². The quantitative estimate of drug-likeness (QED) is 0.747. The molecule has 4 nitrogen and oxygen atoms in total. The van der Waals surface area contributed by atoms with E-state index in [0.29, 0.717) is 0 Å². The van der Waals surface area contributed by atoms with Crippen LogP contribution in [0.5, 0.6) is 0 Å². The van der Waals surface area contributed by atoms with Gasteiger partial charge in [0.05, 0.1) is 0 Å². The van der Waals surface area contributed by atoms with E-state index in [9.17, 15) is 14.7 Å². The molecule has 1 amide bonds. The van der Waals surface area contributed by atoms with E-state index in [0.717, 1.165) is 25.7 Å². The van der Waals surface area contributed by atoms with Crippen LogP contribution in [0, 0.1) is 5.92 Å². The Bertz CT molecular complexity index is 259. The smallest absolute Gasteiger partial charge is 0.329 e. The Morgan fingerprint density at radius 1 is 1.27 bits per heavy atom. The molecule has 0 aromatic heterocycles. The minimum Gasteiger partial charge on any atom is -0.480 e. The lowest BCUT2D eigenvalue weighted by Gasteiger charge is -2.36. The molecule has 0 spiro atoms. The Labute approximate surface area is 90.0 Å². The number of aliphatic carboxylic acids is 1. The molecule has 1 fully saturated rings. The highest BCUT2D eigenvalue weighted by atomic mass is 16.4. The van der Waals surface area contributed by atoms with Gasteiger partial charge in [0.15, 0.2) is 0 Å². The maximum Gasteiger partial charge on any atom is 0.329 e. The van der Waals surface area contributed by atoms with Crippen LogP contribution in [-0.4, -0.2) is 22.5 Å². The van der Waals surface area contributed by atoms with Gasteiger partial charge in [0.2, 0.25) is 5.91 Å². The second kappa shape index (κ2) is 4.64. The minimum atomic E-state index is -1.09. The molecular weight excluding hydrogens is 194 g/mol. The van der Waals surface area contributed by atoms with Gasteiger partial charge in [-0.2, -0.15) is 0 Å². The third-order valence-corrected chi connectivity index (χ3v) is 3.30. The van der Waals surface area contributed by atoms with E-state index < -0.39 is 11.5 Å². The molecule has 0 bridgehead atoms. The summed E-state index contributed by atoms with van der Waals surface area (Å²) < 4.78 is 0. The molecule has 0 aromatic rings. The number of carboxylic acid groups (broad SMARTS) is 1. The Kier molecular flexibility index (Phi) is 3.72. The van der Waals surface area contributed by atoms with Crippen molar-refractivity contribution < 1.29 is 14.7 Å². The second-order valence-corrected chi connectivity index (χ2v) is 4.52. The first-order chi connectivity index (χ1) is 6.97. The first kappa shape index (κ1) is 12.0.